The molecule has 0 amide bonds. The molecular formula is C4H6O7P+. The SMILES string of the molecule is O=C(O)C(=O)C(=O)C[P+](O)(O)O. The van der Waals surface area contributed by atoms with Gasteiger partial charge < -0.3 is 5.11 Å². The second kappa shape index (κ2) is 3.68. The summed E-state index contributed by atoms with van der Waals surface area (Å²) in [4.78, 5) is 55.3. The minimum atomic E-state index is -4.40. The first-order chi connectivity index (χ1) is 5.24. The number of Topliss-reactive ketones (excluding diaryl/α,β-unsaturated/α-hetero) is 2. The fourth-order valence-electron chi connectivity index (χ4n) is 0.384. The van der Waals surface area contributed by atoms with E-state index in [0.29, 0.717) is 0 Å². The summed E-state index contributed by atoms with van der Waals surface area (Å²) in [5.41, 5.74) is 0. The summed E-state index contributed by atoms with van der Waals surface area (Å²) in [6.45, 7) is 0. The number of carboxylic acids is 1. The van der Waals surface area contributed by atoms with Crippen molar-refractivity contribution in [3.8, 4) is 0 Å². The first-order valence-corrected chi connectivity index (χ1v) is 4.44. The molecule has 0 aromatic carbocycles. The summed E-state index contributed by atoms with van der Waals surface area (Å²) in [5.74, 6) is -5.31. The first-order valence-electron chi connectivity index (χ1n) is 2.61. The molecule has 0 radical (unpaired) electrons. The largest absolute Gasteiger partial charge is 0.475 e. The first kappa shape index (κ1) is 11.1. The van der Waals surface area contributed by atoms with E-state index in [-0.39, 0.29) is 0 Å². The fourth-order valence-corrected chi connectivity index (χ4v) is 0.913. The van der Waals surface area contributed by atoms with Crippen LogP contribution in [0.25, 0.3) is 0 Å². The highest BCUT2D eigenvalue weighted by molar-refractivity contribution is 7.59. The molecule has 4 N–H and O–H groups in total. The predicted molar refractivity (Wildman–Crippen MR) is 36.1 cm³/mol. The molecule has 0 spiro atoms. The molecule has 0 aromatic rings. The molecule has 0 bridgehead atoms. The Morgan fingerprint density at radius 1 is 1.08 bits per heavy atom. The van der Waals surface area contributed by atoms with E-state index in [4.69, 9.17) is 19.8 Å². The maximum atomic E-state index is 10.4. The van der Waals surface area contributed by atoms with E-state index in [1.165, 1.54) is 0 Å². The lowest BCUT2D eigenvalue weighted by Gasteiger charge is -1.99. The molecule has 8 heteroatoms. The Morgan fingerprint density at radius 2 is 1.50 bits per heavy atom. The minimum absolute atomic E-state index is 1.25. The van der Waals surface area contributed by atoms with Gasteiger partial charge in [0.05, 0.1) is 0 Å². The van der Waals surface area contributed by atoms with Crippen LogP contribution in [0.5, 0.6) is 0 Å². The smallest absolute Gasteiger partial charge is 0.412 e. The molecule has 68 valence electrons. The van der Waals surface area contributed by atoms with Gasteiger partial charge in [-0.05, 0) is 0 Å². The van der Waals surface area contributed by atoms with Gasteiger partial charge in [0.25, 0.3) is 5.78 Å². The second-order valence-electron chi connectivity index (χ2n) is 1.91. The van der Waals surface area contributed by atoms with Crippen LogP contribution in [0.15, 0.2) is 0 Å². The lowest BCUT2D eigenvalue weighted by Crippen LogP contribution is -2.26. The zero-order chi connectivity index (χ0) is 9.94. The Labute approximate surface area is 66.8 Å². The van der Waals surface area contributed by atoms with Crippen LogP contribution < -0.4 is 0 Å². The predicted octanol–water partition coefficient (Wildman–Crippen LogP) is -2.05. The molecule has 0 aromatic heterocycles. The van der Waals surface area contributed by atoms with Crippen molar-refractivity contribution in [2.75, 3.05) is 6.16 Å². The number of hydrogen-bond acceptors (Lipinski definition) is 6. The fraction of sp³-hybridized carbons (Fsp3) is 0.250. The topological polar surface area (TPSA) is 132 Å². The van der Waals surface area contributed by atoms with Crippen molar-refractivity contribution < 1.29 is 34.2 Å². The van der Waals surface area contributed by atoms with Crippen LogP contribution in [0.3, 0.4) is 0 Å². The van der Waals surface area contributed by atoms with Gasteiger partial charge in [0.2, 0.25) is 6.16 Å². The highest BCUT2D eigenvalue weighted by atomic mass is 31.2. The van der Waals surface area contributed by atoms with Crippen LogP contribution in [0.2, 0.25) is 0 Å². The molecule has 7 nitrogen and oxygen atoms in total. The maximum Gasteiger partial charge on any atom is 0.412 e. The zero-order valence-electron chi connectivity index (χ0n) is 5.67. The highest BCUT2D eigenvalue weighted by Crippen LogP contribution is 2.43. The molecule has 12 heavy (non-hydrogen) atoms. The Hall–Kier alpha value is -0.880. The van der Waals surface area contributed by atoms with Crippen LogP contribution in [-0.4, -0.2) is 43.5 Å². The number of hydrogen-bond donors (Lipinski definition) is 4. The van der Waals surface area contributed by atoms with Crippen molar-refractivity contribution in [2.24, 2.45) is 0 Å². The third-order valence-corrected chi connectivity index (χ3v) is 1.51. The number of aliphatic carboxylic acids is 1. The zero-order valence-corrected chi connectivity index (χ0v) is 6.56. The van der Waals surface area contributed by atoms with E-state index in [1.807, 2.05) is 0 Å². The van der Waals surface area contributed by atoms with Gasteiger partial charge >= 0.3 is 19.7 Å². The highest BCUT2D eigenvalue weighted by Gasteiger charge is 2.38. The average Bonchev–Trinajstić information content (AvgIpc) is 1.82. The van der Waals surface area contributed by atoms with Crippen molar-refractivity contribution >= 4 is 25.5 Å². The third-order valence-electron chi connectivity index (χ3n) is 0.803. The van der Waals surface area contributed by atoms with Crippen LogP contribution in [0.1, 0.15) is 0 Å². The molecule has 0 rings (SSSR count). The van der Waals surface area contributed by atoms with Gasteiger partial charge in [0, 0.05) is 0 Å². The van der Waals surface area contributed by atoms with Gasteiger partial charge in [0.1, 0.15) is 0 Å². The standard InChI is InChI=1S/C4H5O7P/c5-2(1-12(9,10)11)3(6)4(7)8/h9-11H,1H2/p+1. The molecule has 0 heterocycles. The number of rotatable bonds is 4. The average molecular weight is 197 g/mol. The monoisotopic (exact) mass is 197 g/mol. The Balaban J connectivity index is 4.25. The van der Waals surface area contributed by atoms with E-state index in [0.717, 1.165) is 0 Å². The van der Waals surface area contributed by atoms with Gasteiger partial charge in [-0.15, -0.1) is 0 Å². The summed E-state index contributed by atoms with van der Waals surface area (Å²) in [6.07, 6.45) is -1.25. The molecule has 0 unspecified atom stereocenters. The lowest BCUT2D eigenvalue weighted by molar-refractivity contribution is -0.152. The Morgan fingerprint density at radius 3 is 1.75 bits per heavy atom. The van der Waals surface area contributed by atoms with Gasteiger partial charge in [-0.3, -0.25) is 9.59 Å². The van der Waals surface area contributed by atoms with Crippen LogP contribution in [-0.2, 0) is 14.4 Å². The maximum absolute atomic E-state index is 10.4. The quantitative estimate of drug-likeness (QED) is 0.231. The summed E-state index contributed by atoms with van der Waals surface area (Å²) < 4.78 is 0. The summed E-state index contributed by atoms with van der Waals surface area (Å²) in [5, 5.41) is 7.95. The molecule has 0 aliphatic rings. The van der Waals surface area contributed by atoms with E-state index in [2.05, 4.69) is 0 Å². The van der Waals surface area contributed by atoms with Crippen LogP contribution >= 0.6 is 7.94 Å². The normalized spacial score (nSPS) is 10.9. The lowest BCUT2D eigenvalue weighted by atomic mass is 10.3. The number of ketones is 2. The Kier molecular flexibility index (Phi) is 3.41. The molecule has 0 aliphatic heterocycles. The van der Waals surface area contributed by atoms with Crippen LogP contribution in [0, 0.1) is 0 Å². The van der Waals surface area contributed by atoms with Crippen molar-refractivity contribution in [2.45, 2.75) is 0 Å². The second-order valence-corrected chi connectivity index (χ2v) is 3.61. The van der Waals surface area contributed by atoms with Gasteiger partial charge in [-0.2, -0.15) is 14.7 Å². The third kappa shape index (κ3) is 4.09. The summed E-state index contributed by atoms with van der Waals surface area (Å²) in [6, 6.07) is 0. The minimum Gasteiger partial charge on any atom is -0.475 e. The summed E-state index contributed by atoms with van der Waals surface area (Å²) in [7, 11) is -4.40. The van der Waals surface area contributed by atoms with E-state index >= 15 is 0 Å². The molecular weight excluding hydrogens is 191 g/mol. The summed E-state index contributed by atoms with van der Waals surface area (Å²) >= 11 is 0. The van der Waals surface area contributed by atoms with Gasteiger partial charge in [-0.1, -0.05) is 0 Å². The van der Waals surface area contributed by atoms with Gasteiger partial charge in [-0.25, -0.2) is 4.79 Å². The number of carbonyl (C=O) groups excluding carboxylic acids is 2. The van der Waals surface area contributed by atoms with Crippen molar-refractivity contribution in [1.29, 1.82) is 0 Å². The van der Waals surface area contributed by atoms with E-state index < -0.39 is 31.6 Å². The molecule has 0 aliphatic carbocycles. The van der Waals surface area contributed by atoms with E-state index in [1.54, 1.807) is 0 Å². The van der Waals surface area contributed by atoms with Crippen LogP contribution in [0.4, 0.5) is 0 Å². The van der Waals surface area contributed by atoms with Gasteiger partial charge in [0.15, 0.2) is 0 Å². The molecule has 0 fully saturated rings. The molecule has 0 atom stereocenters. The van der Waals surface area contributed by atoms with Crippen molar-refractivity contribution in [3.05, 3.63) is 0 Å². The molecule has 0 saturated heterocycles. The van der Waals surface area contributed by atoms with E-state index in [9.17, 15) is 14.4 Å². The number of carboxylic acid groups (broad SMARTS) is 1. The number of carbonyl (C=O) groups is 3. The Bertz CT molecular complexity index is 226. The van der Waals surface area contributed by atoms with Crippen molar-refractivity contribution in [1.82, 2.24) is 0 Å². The molecule has 0 saturated carbocycles. The van der Waals surface area contributed by atoms with Crippen molar-refractivity contribution in [3.63, 3.8) is 0 Å².